The van der Waals surface area contributed by atoms with Gasteiger partial charge in [-0.05, 0) is 56.9 Å². The summed E-state index contributed by atoms with van der Waals surface area (Å²) < 4.78 is 0. The number of benzene rings is 2. The van der Waals surface area contributed by atoms with Crippen LogP contribution in [0.4, 0.5) is 10.8 Å². The number of carbonyl (C=O) groups is 1. The van der Waals surface area contributed by atoms with E-state index in [4.69, 9.17) is 4.98 Å². The van der Waals surface area contributed by atoms with E-state index in [1.165, 1.54) is 32.9 Å². The second-order valence-corrected chi connectivity index (χ2v) is 9.05. The van der Waals surface area contributed by atoms with E-state index in [0.29, 0.717) is 0 Å². The maximum atomic E-state index is 12.4. The van der Waals surface area contributed by atoms with Crippen molar-refractivity contribution in [3.05, 3.63) is 69.2 Å². The van der Waals surface area contributed by atoms with Gasteiger partial charge in [-0.2, -0.15) is 0 Å². The summed E-state index contributed by atoms with van der Waals surface area (Å²) in [6.07, 6.45) is 0. The van der Waals surface area contributed by atoms with Gasteiger partial charge in [0.05, 0.1) is 11.4 Å². The maximum absolute atomic E-state index is 12.4. The van der Waals surface area contributed by atoms with E-state index in [2.05, 4.69) is 38.3 Å². The molecule has 3 rings (SSSR count). The minimum Gasteiger partial charge on any atom is -0.274 e. The Morgan fingerprint density at radius 1 is 1.04 bits per heavy atom. The number of carbonyl (C=O) groups excluding carboxylic acids is 1. The van der Waals surface area contributed by atoms with E-state index < -0.39 is 0 Å². The Labute approximate surface area is 175 Å². The summed E-state index contributed by atoms with van der Waals surface area (Å²) in [5.74, 6) is 0.774. The van der Waals surface area contributed by atoms with Gasteiger partial charge in [-0.15, -0.1) is 23.1 Å². The van der Waals surface area contributed by atoms with Crippen molar-refractivity contribution in [3.63, 3.8) is 0 Å². The van der Waals surface area contributed by atoms with Crippen molar-refractivity contribution >= 4 is 39.8 Å². The van der Waals surface area contributed by atoms with Crippen molar-refractivity contribution in [2.24, 2.45) is 0 Å². The minimum atomic E-state index is -0.0174. The smallest absolute Gasteiger partial charge is 0.230 e. The monoisotopic (exact) mass is 410 g/mol. The third-order valence-electron chi connectivity index (χ3n) is 4.68. The zero-order valence-electron chi connectivity index (χ0n) is 17.3. The first-order valence-corrected chi connectivity index (χ1v) is 11.2. The molecule has 0 spiro atoms. The molecule has 3 aromatic rings. The van der Waals surface area contributed by atoms with Crippen molar-refractivity contribution in [1.82, 2.24) is 4.98 Å². The molecule has 146 valence electrons. The summed E-state index contributed by atoms with van der Waals surface area (Å²) in [7, 11) is 0. The van der Waals surface area contributed by atoms with Crippen LogP contribution in [0.3, 0.4) is 0 Å². The van der Waals surface area contributed by atoms with E-state index in [9.17, 15) is 4.79 Å². The van der Waals surface area contributed by atoms with Gasteiger partial charge in [-0.3, -0.25) is 9.69 Å². The maximum Gasteiger partial charge on any atom is 0.230 e. The Bertz CT molecular complexity index is 980. The van der Waals surface area contributed by atoms with Gasteiger partial charge in [0.25, 0.3) is 0 Å². The normalized spacial score (nSPS) is 10.9. The molecule has 5 heteroatoms. The molecule has 0 radical (unpaired) electrons. The molecule has 0 fully saturated rings. The molecule has 0 saturated carbocycles. The van der Waals surface area contributed by atoms with Crippen molar-refractivity contribution in [2.75, 3.05) is 4.90 Å². The number of amides is 1. The number of para-hydroxylation sites is 1. The fourth-order valence-electron chi connectivity index (χ4n) is 3.55. The molecule has 0 saturated heterocycles. The van der Waals surface area contributed by atoms with Crippen molar-refractivity contribution in [2.45, 2.75) is 52.2 Å². The molecule has 0 aliphatic heterocycles. The second kappa shape index (κ2) is 8.50. The van der Waals surface area contributed by atoms with Crippen molar-refractivity contribution < 1.29 is 4.79 Å². The molecule has 1 heterocycles. The summed E-state index contributed by atoms with van der Waals surface area (Å²) in [4.78, 5) is 20.3. The van der Waals surface area contributed by atoms with Crippen LogP contribution >= 0.6 is 23.1 Å². The number of aryl methyl sites for hydroxylation is 5. The number of nitrogens with zero attached hydrogens (tertiary/aromatic N) is 2. The van der Waals surface area contributed by atoms with Crippen LogP contribution in [-0.4, -0.2) is 10.9 Å². The van der Waals surface area contributed by atoms with Gasteiger partial charge in [0.15, 0.2) is 5.13 Å². The lowest BCUT2D eigenvalue weighted by molar-refractivity contribution is -0.115. The molecule has 0 bridgehead atoms. The molecular weight excluding hydrogens is 384 g/mol. The lowest BCUT2D eigenvalue weighted by Crippen LogP contribution is -2.24. The van der Waals surface area contributed by atoms with E-state index in [1.54, 1.807) is 11.8 Å². The molecule has 0 unspecified atom stereocenters. The molecule has 0 atom stereocenters. The predicted octanol–water partition coefficient (Wildman–Crippen LogP) is 6.66. The van der Waals surface area contributed by atoms with Crippen LogP contribution in [-0.2, 0) is 10.5 Å². The molecule has 1 amide bonds. The number of rotatable bonds is 5. The number of aromatic nitrogens is 1. The molecule has 28 heavy (non-hydrogen) atoms. The summed E-state index contributed by atoms with van der Waals surface area (Å²) in [6, 6.07) is 10.5. The van der Waals surface area contributed by atoms with Gasteiger partial charge in [-0.25, -0.2) is 4.98 Å². The summed E-state index contributed by atoms with van der Waals surface area (Å²) in [6.45, 7) is 12.1. The highest BCUT2D eigenvalue weighted by atomic mass is 32.2. The fraction of sp³-hybridized carbons (Fsp3) is 0.304. The first-order chi connectivity index (χ1) is 13.3. The Kier molecular flexibility index (Phi) is 6.26. The Morgan fingerprint density at radius 3 is 2.21 bits per heavy atom. The van der Waals surface area contributed by atoms with Crippen LogP contribution in [0.1, 0.15) is 40.4 Å². The van der Waals surface area contributed by atoms with Crippen molar-refractivity contribution in [1.29, 1.82) is 0 Å². The average molecular weight is 411 g/mol. The van der Waals surface area contributed by atoms with E-state index >= 15 is 0 Å². The number of hydrogen-bond acceptors (Lipinski definition) is 4. The molecule has 0 aliphatic carbocycles. The van der Waals surface area contributed by atoms with Crippen LogP contribution in [0, 0.1) is 34.6 Å². The van der Waals surface area contributed by atoms with Crippen LogP contribution < -0.4 is 4.90 Å². The number of anilines is 2. The van der Waals surface area contributed by atoms with Gasteiger partial charge >= 0.3 is 0 Å². The second-order valence-electron chi connectivity index (χ2n) is 7.23. The first-order valence-electron chi connectivity index (χ1n) is 9.30. The van der Waals surface area contributed by atoms with Gasteiger partial charge in [-0.1, -0.05) is 35.9 Å². The molecule has 0 aliphatic rings. The fourth-order valence-corrected chi connectivity index (χ4v) is 5.54. The number of thioether (sulfide) groups is 1. The average Bonchev–Trinajstić information content (AvgIpc) is 3.05. The highest BCUT2D eigenvalue weighted by molar-refractivity contribution is 7.98. The largest absolute Gasteiger partial charge is 0.274 e. The van der Waals surface area contributed by atoms with E-state index in [-0.39, 0.29) is 5.91 Å². The molecule has 0 N–H and O–H groups in total. The summed E-state index contributed by atoms with van der Waals surface area (Å²) in [5.41, 5.74) is 7.99. The summed E-state index contributed by atoms with van der Waals surface area (Å²) >= 11 is 3.34. The van der Waals surface area contributed by atoms with Crippen LogP contribution in [0.25, 0.3) is 0 Å². The molecule has 2 aromatic carbocycles. The van der Waals surface area contributed by atoms with Gasteiger partial charge in [0.2, 0.25) is 5.91 Å². The Hall–Kier alpha value is -2.11. The third-order valence-corrected chi connectivity index (χ3v) is 6.93. The molecule has 1 aromatic heterocycles. The summed E-state index contributed by atoms with van der Waals surface area (Å²) in [5, 5.41) is 2.79. The van der Waals surface area contributed by atoms with Crippen LogP contribution in [0.15, 0.2) is 40.6 Å². The third kappa shape index (κ3) is 4.31. The van der Waals surface area contributed by atoms with E-state index in [0.717, 1.165) is 33.4 Å². The van der Waals surface area contributed by atoms with Crippen LogP contribution in [0.2, 0.25) is 0 Å². The molecule has 3 nitrogen and oxygen atoms in total. The standard InChI is InChI=1S/C23H26N2OS2/c1-14-10-17(4)22(18(5)11-14)27-12-20-13-28-23(24-20)25(19(6)26)21-15(2)8-7-9-16(21)3/h7-11,13H,12H2,1-6H3. The topological polar surface area (TPSA) is 33.2 Å². The number of thiazole rings is 1. The predicted molar refractivity (Wildman–Crippen MR) is 121 cm³/mol. The first kappa shape index (κ1) is 20.6. The molecular formula is C23H26N2OS2. The van der Waals surface area contributed by atoms with Gasteiger partial charge in [0.1, 0.15) is 0 Å². The minimum absolute atomic E-state index is 0.0174. The number of hydrogen-bond donors (Lipinski definition) is 0. The highest BCUT2D eigenvalue weighted by Crippen LogP contribution is 2.36. The Morgan fingerprint density at radius 2 is 1.64 bits per heavy atom. The van der Waals surface area contributed by atoms with Crippen molar-refractivity contribution in [3.8, 4) is 0 Å². The van der Waals surface area contributed by atoms with E-state index in [1.807, 2.05) is 43.8 Å². The highest BCUT2D eigenvalue weighted by Gasteiger charge is 2.21. The lowest BCUT2D eigenvalue weighted by Gasteiger charge is -2.22. The zero-order valence-corrected chi connectivity index (χ0v) is 18.9. The zero-order chi connectivity index (χ0) is 20.4. The lowest BCUT2D eigenvalue weighted by atomic mass is 10.1. The Balaban J connectivity index is 1.85. The van der Waals surface area contributed by atoms with Gasteiger partial charge in [0, 0.05) is 23.0 Å². The van der Waals surface area contributed by atoms with Gasteiger partial charge < -0.3 is 0 Å². The quantitative estimate of drug-likeness (QED) is 0.441. The van der Waals surface area contributed by atoms with Crippen LogP contribution in [0.5, 0.6) is 0 Å². The SMILES string of the molecule is CC(=O)N(c1nc(CSc2c(C)cc(C)cc2C)cs1)c1c(C)cccc1C.